The molecule has 0 N–H and O–H groups in total. The lowest BCUT2D eigenvalue weighted by Gasteiger charge is -2.12. The van der Waals surface area contributed by atoms with Gasteiger partial charge >= 0.3 is 0 Å². The molecule has 3 aromatic heterocycles. The number of nitrogens with zero attached hydrogens (tertiary/aromatic N) is 5. The summed E-state index contributed by atoms with van der Waals surface area (Å²) in [5.74, 6) is 1.93. The zero-order valence-corrected chi connectivity index (χ0v) is 34.1. The molecule has 9 aromatic carbocycles. The van der Waals surface area contributed by atoms with Crippen LogP contribution in [0.2, 0.25) is 0 Å². The summed E-state index contributed by atoms with van der Waals surface area (Å²) in [5, 5.41) is 5.95. The molecule has 0 fully saturated rings. The van der Waals surface area contributed by atoms with Crippen LogP contribution in [-0.2, 0) is 0 Å². The zero-order chi connectivity index (χ0) is 41.7. The van der Waals surface area contributed by atoms with Crippen molar-refractivity contribution in [1.29, 1.82) is 0 Å². The number of hydrogen-bond acceptors (Lipinski definition) is 4. The van der Waals surface area contributed by atoms with Gasteiger partial charge in [0.25, 0.3) is 0 Å². The second-order valence-electron chi connectivity index (χ2n) is 15.8. The predicted molar refractivity (Wildman–Crippen MR) is 260 cm³/mol. The van der Waals surface area contributed by atoms with Crippen molar-refractivity contribution in [3.05, 3.63) is 224 Å². The molecule has 12 rings (SSSR count). The third-order valence-corrected chi connectivity index (χ3v) is 12.0. The lowest BCUT2D eigenvalue weighted by Crippen LogP contribution is -2.00. The van der Waals surface area contributed by atoms with Gasteiger partial charge in [-0.2, -0.15) is 0 Å². The van der Waals surface area contributed by atoms with Crippen LogP contribution in [0, 0.1) is 0 Å². The maximum Gasteiger partial charge on any atom is 0.164 e. The number of para-hydroxylation sites is 2. The maximum absolute atomic E-state index is 5.25. The summed E-state index contributed by atoms with van der Waals surface area (Å²) in [6.07, 6.45) is 0. The molecule has 0 spiro atoms. The first-order valence-corrected chi connectivity index (χ1v) is 21.2. The highest BCUT2D eigenvalue weighted by molar-refractivity contribution is 6.29. The lowest BCUT2D eigenvalue weighted by molar-refractivity contribution is 1.07. The molecule has 5 heteroatoms. The monoisotopic (exact) mass is 803 g/mol. The highest BCUT2D eigenvalue weighted by Crippen LogP contribution is 2.43. The summed E-state index contributed by atoms with van der Waals surface area (Å²) in [6, 6.07) is 78.8. The van der Waals surface area contributed by atoms with E-state index in [1.54, 1.807) is 0 Å². The Morgan fingerprint density at radius 3 is 1.40 bits per heavy atom. The van der Waals surface area contributed by atoms with Gasteiger partial charge in [0.2, 0.25) is 0 Å². The average Bonchev–Trinajstić information content (AvgIpc) is 3.71. The van der Waals surface area contributed by atoms with E-state index in [1.165, 1.54) is 16.2 Å². The van der Waals surface area contributed by atoms with Crippen LogP contribution in [0.4, 0.5) is 0 Å². The van der Waals surface area contributed by atoms with E-state index >= 15 is 0 Å². The van der Waals surface area contributed by atoms with Gasteiger partial charge in [-0.25, -0.2) is 19.9 Å². The quantitative estimate of drug-likeness (QED) is 0.151. The largest absolute Gasteiger partial charge is 0.309 e. The van der Waals surface area contributed by atoms with Crippen LogP contribution in [0.5, 0.6) is 0 Å². The van der Waals surface area contributed by atoms with Crippen molar-refractivity contribution in [3.63, 3.8) is 0 Å². The van der Waals surface area contributed by atoms with Crippen molar-refractivity contribution in [3.8, 4) is 73.4 Å². The third-order valence-electron chi connectivity index (χ3n) is 12.0. The van der Waals surface area contributed by atoms with Crippen LogP contribution < -0.4 is 0 Å². The Kier molecular flexibility index (Phi) is 8.75. The van der Waals surface area contributed by atoms with Gasteiger partial charge in [0, 0.05) is 54.9 Å². The van der Waals surface area contributed by atoms with Crippen molar-refractivity contribution >= 4 is 43.5 Å². The fourth-order valence-electron chi connectivity index (χ4n) is 9.03. The molecule has 0 bridgehead atoms. The molecule has 3 heterocycles. The number of benzene rings is 9. The summed E-state index contributed by atoms with van der Waals surface area (Å²) < 4.78 is 2.42. The molecule has 0 saturated heterocycles. The lowest BCUT2D eigenvalue weighted by atomic mass is 9.95. The Hall–Kier alpha value is -8.54. The number of rotatable bonds is 7. The van der Waals surface area contributed by atoms with Crippen LogP contribution >= 0.6 is 0 Å². The second kappa shape index (κ2) is 15.2. The Morgan fingerprint density at radius 1 is 0.270 bits per heavy atom. The highest BCUT2D eigenvalue weighted by atomic mass is 15.0. The molecule has 0 amide bonds. The standard InChI is InChI=1S/C58H37N5/c1-5-16-39(17-6-1)55-49-34-35-51-54(53(49)47-26-13-14-27-50(47)59-55)48-33-32-45(37-52(48)63(51)46-24-11-4-12-25-46)44-23-15-22-43(36-44)38-28-30-42(31-29-38)58-61-56(40-18-7-2-8-19-40)60-57(62-58)41-20-9-3-10-21-41/h1-37H. The minimum atomic E-state index is 0.637. The van der Waals surface area contributed by atoms with Crippen LogP contribution in [0.3, 0.4) is 0 Å². The normalized spacial score (nSPS) is 11.5. The Bertz CT molecular complexity index is 3580. The second-order valence-corrected chi connectivity index (χ2v) is 15.8. The van der Waals surface area contributed by atoms with E-state index in [0.29, 0.717) is 17.5 Å². The molecule has 5 nitrogen and oxygen atoms in total. The van der Waals surface area contributed by atoms with E-state index in [1.807, 2.05) is 60.7 Å². The topological polar surface area (TPSA) is 56.5 Å². The Labute approximate surface area is 364 Å². The zero-order valence-electron chi connectivity index (χ0n) is 34.1. The van der Waals surface area contributed by atoms with Gasteiger partial charge in [-0.1, -0.05) is 188 Å². The maximum atomic E-state index is 5.25. The minimum absolute atomic E-state index is 0.637. The SMILES string of the molecule is c1ccc(-c2nc(-c3ccccc3)nc(-c3ccc(-c4cccc(-c5ccc6c7c8c(ccc7n(-c7ccccc7)c6c5)c(-c5ccccc5)nc5ccccc58)c4)cc3)n2)cc1. The fraction of sp³-hybridized carbons (Fsp3) is 0. The van der Waals surface area contributed by atoms with Gasteiger partial charge in [-0.3, -0.25) is 0 Å². The van der Waals surface area contributed by atoms with Crippen molar-refractivity contribution in [2.45, 2.75) is 0 Å². The summed E-state index contributed by atoms with van der Waals surface area (Å²) in [5.41, 5.74) is 13.9. The highest BCUT2D eigenvalue weighted by Gasteiger charge is 2.20. The molecule has 0 aliphatic carbocycles. The Balaban J connectivity index is 0.976. The van der Waals surface area contributed by atoms with Gasteiger partial charge in [0.15, 0.2) is 17.5 Å². The predicted octanol–water partition coefficient (Wildman–Crippen LogP) is 14.7. The van der Waals surface area contributed by atoms with Gasteiger partial charge in [0.05, 0.1) is 22.2 Å². The first-order valence-electron chi connectivity index (χ1n) is 21.2. The van der Waals surface area contributed by atoms with Gasteiger partial charge in [-0.15, -0.1) is 0 Å². The van der Waals surface area contributed by atoms with E-state index in [4.69, 9.17) is 19.9 Å². The van der Waals surface area contributed by atoms with Gasteiger partial charge in [0.1, 0.15) is 0 Å². The van der Waals surface area contributed by atoms with Gasteiger partial charge < -0.3 is 4.57 Å². The van der Waals surface area contributed by atoms with Crippen molar-refractivity contribution in [2.75, 3.05) is 0 Å². The first kappa shape index (κ1) is 36.3. The van der Waals surface area contributed by atoms with E-state index in [2.05, 4.69) is 168 Å². The van der Waals surface area contributed by atoms with Crippen LogP contribution in [0.15, 0.2) is 224 Å². The van der Waals surface area contributed by atoms with Gasteiger partial charge in [-0.05, 0) is 58.7 Å². The van der Waals surface area contributed by atoms with Crippen LogP contribution in [0.25, 0.3) is 117 Å². The first-order chi connectivity index (χ1) is 31.2. The molecule has 0 unspecified atom stereocenters. The molecule has 0 radical (unpaired) electrons. The number of fused-ring (bicyclic) bond motifs is 7. The number of pyridine rings is 1. The van der Waals surface area contributed by atoms with Crippen molar-refractivity contribution in [1.82, 2.24) is 24.5 Å². The minimum Gasteiger partial charge on any atom is -0.309 e. The van der Waals surface area contributed by atoms with Crippen LogP contribution in [-0.4, -0.2) is 24.5 Å². The molecule has 12 aromatic rings. The summed E-state index contributed by atoms with van der Waals surface area (Å²) in [4.78, 5) is 20.0. The molecule has 0 aliphatic rings. The van der Waals surface area contributed by atoms with E-state index in [9.17, 15) is 0 Å². The van der Waals surface area contributed by atoms with E-state index in [-0.39, 0.29) is 0 Å². The summed E-state index contributed by atoms with van der Waals surface area (Å²) in [6.45, 7) is 0. The molecule has 0 atom stereocenters. The average molecular weight is 804 g/mol. The van der Waals surface area contributed by atoms with Crippen molar-refractivity contribution in [2.24, 2.45) is 0 Å². The molecule has 0 saturated carbocycles. The molecule has 63 heavy (non-hydrogen) atoms. The smallest absolute Gasteiger partial charge is 0.164 e. The molecule has 294 valence electrons. The van der Waals surface area contributed by atoms with E-state index < -0.39 is 0 Å². The third kappa shape index (κ3) is 6.42. The Morgan fingerprint density at radius 2 is 0.746 bits per heavy atom. The number of hydrogen-bond donors (Lipinski definition) is 0. The van der Waals surface area contributed by atoms with E-state index in [0.717, 1.165) is 83.2 Å². The molecular weight excluding hydrogens is 767 g/mol. The van der Waals surface area contributed by atoms with Crippen molar-refractivity contribution < 1.29 is 0 Å². The number of aromatic nitrogens is 5. The molecular formula is C58H37N5. The van der Waals surface area contributed by atoms with Crippen LogP contribution in [0.1, 0.15) is 0 Å². The molecule has 0 aliphatic heterocycles. The fourth-order valence-corrected chi connectivity index (χ4v) is 9.03. The summed E-state index contributed by atoms with van der Waals surface area (Å²) in [7, 11) is 0. The summed E-state index contributed by atoms with van der Waals surface area (Å²) >= 11 is 0.